The Balaban J connectivity index is 1.33. The number of hydrogen-bond donors (Lipinski definition) is 0. The van der Waals surface area contributed by atoms with Gasteiger partial charge in [-0.1, -0.05) is 12.1 Å². The lowest BCUT2D eigenvalue weighted by Gasteiger charge is -2.12. The van der Waals surface area contributed by atoms with E-state index in [0.29, 0.717) is 31.1 Å². The second kappa shape index (κ2) is 11.4. The van der Waals surface area contributed by atoms with Gasteiger partial charge in [0.1, 0.15) is 17.6 Å². The van der Waals surface area contributed by atoms with E-state index in [1.165, 1.54) is 42.7 Å². The molecule has 2 heterocycles. The third kappa shape index (κ3) is 5.16. The van der Waals surface area contributed by atoms with Gasteiger partial charge in [0.15, 0.2) is 11.5 Å². The van der Waals surface area contributed by atoms with Crippen molar-refractivity contribution in [3.8, 4) is 23.0 Å². The molecular weight excluding hydrogens is 518 g/mol. The zero-order valence-corrected chi connectivity index (χ0v) is 21.8. The van der Waals surface area contributed by atoms with Gasteiger partial charge in [0.25, 0.3) is 11.8 Å². The molecule has 1 aliphatic heterocycles. The van der Waals surface area contributed by atoms with Crippen molar-refractivity contribution in [1.29, 1.82) is 0 Å². The lowest BCUT2D eigenvalue weighted by atomic mass is 10.1. The molecule has 0 N–H and O–H groups in total. The van der Waals surface area contributed by atoms with Crippen LogP contribution in [0.3, 0.4) is 0 Å². The van der Waals surface area contributed by atoms with Crippen molar-refractivity contribution in [1.82, 2.24) is 4.90 Å². The number of esters is 1. The van der Waals surface area contributed by atoms with Crippen LogP contribution in [0.25, 0.3) is 11.0 Å². The summed E-state index contributed by atoms with van der Waals surface area (Å²) in [4.78, 5) is 52.4. The minimum Gasteiger partial charge on any atom is -0.490 e. The third-order valence-electron chi connectivity index (χ3n) is 6.23. The number of carbonyl (C=O) groups excluding carboxylic acids is 3. The smallest absolute Gasteiger partial charge is 0.343 e. The normalized spacial score (nSPS) is 12.5. The highest BCUT2D eigenvalue weighted by molar-refractivity contribution is 6.22. The quantitative estimate of drug-likeness (QED) is 0.120. The number of hydrogen-bond acceptors (Lipinski definition) is 9. The van der Waals surface area contributed by atoms with Crippen LogP contribution >= 0.6 is 0 Å². The van der Waals surface area contributed by atoms with Crippen LogP contribution in [0.15, 0.2) is 76.1 Å². The molecule has 0 unspecified atom stereocenters. The molecule has 1 aromatic heterocycles. The van der Waals surface area contributed by atoms with Crippen molar-refractivity contribution in [2.45, 2.75) is 13.3 Å². The summed E-state index contributed by atoms with van der Waals surface area (Å²) in [6, 6.07) is 15.5. The molecule has 204 valence electrons. The number of carbonyl (C=O) groups is 3. The maximum absolute atomic E-state index is 13.0. The summed E-state index contributed by atoms with van der Waals surface area (Å²) < 4.78 is 27.4. The SMILES string of the molecule is CCOc1ccccc1Oc1coc2cc(OC(=O)c3ccc4c(c3)C(=O)N(CCCOC)C4=O)ccc2c1=O. The van der Waals surface area contributed by atoms with E-state index in [2.05, 4.69) is 0 Å². The maximum atomic E-state index is 13.0. The van der Waals surface area contributed by atoms with Gasteiger partial charge in [-0.3, -0.25) is 19.3 Å². The molecule has 0 aliphatic carbocycles. The lowest BCUT2D eigenvalue weighted by molar-refractivity contribution is 0.0638. The third-order valence-corrected chi connectivity index (χ3v) is 6.23. The first-order valence-electron chi connectivity index (χ1n) is 12.6. The molecule has 3 aromatic carbocycles. The predicted molar refractivity (Wildman–Crippen MR) is 143 cm³/mol. The highest BCUT2D eigenvalue weighted by atomic mass is 16.5. The Morgan fingerprint density at radius 1 is 0.900 bits per heavy atom. The Hall–Kier alpha value is -4.96. The topological polar surface area (TPSA) is 122 Å². The summed E-state index contributed by atoms with van der Waals surface area (Å²) in [5.41, 5.74) is 0.231. The van der Waals surface area contributed by atoms with Crippen LogP contribution in [0, 0.1) is 0 Å². The molecule has 10 nitrogen and oxygen atoms in total. The highest BCUT2D eigenvalue weighted by Crippen LogP contribution is 2.31. The molecule has 40 heavy (non-hydrogen) atoms. The number of para-hydroxylation sites is 2. The number of amides is 2. The van der Waals surface area contributed by atoms with Gasteiger partial charge in [-0.15, -0.1) is 0 Å². The Morgan fingerprint density at radius 2 is 1.68 bits per heavy atom. The minimum atomic E-state index is -0.741. The fourth-order valence-electron chi connectivity index (χ4n) is 4.31. The van der Waals surface area contributed by atoms with E-state index in [9.17, 15) is 19.2 Å². The van der Waals surface area contributed by atoms with Gasteiger partial charge in [0, 0.05) is 26.3 Å². The fourth-order valence-corrected chi connectivity index (χ4v) is 4.31. The van der Waals surface area contributed by atoms with E-state index in [4.69, 9.17) is 23.4 Å². The molecule has 1 aliphatic rings. The first-order valence-corrected chi connectivity index (χ1v) is 12.6. The fraction of sp³-hybridized carbons (Fsp3) is 0.200. The predicted octanol–water partition coefficient (Wildman–Crippen LogP) is 4.84. The van der Waals surface area contributed by atoms with Crippen LogP contribution in [0.2, 0.25) is 0 Å². The molecule has 0 saturated carbocycles. The number of nitrogens with zero attached hydrogens (tertiary/aromatic N) is 1. The zero-order chi connectivity index (χ0) is 28.2. The van der Waals surface area contributed by atoms with Crippen molar-refractivity contribution in [3.63, 3.8) is 0 Å². The van der Waals surface area contributed by atoms with Crippen LogP contribution in [-0.4, -0.2) is 49.6 Å². The summed E-state index contributed by atoms with van der Waals surface area (Å²) in [6.45, 7) is 2.90. The van der Waals surface area contributed by atoms with Crippen LogP contribution in [0.5, 0.6) is 23.0 Å². The summed E-state index contributed by atoms with van der Waals surface area (Å²) in [5, 5.41) is 0.224. The molecule has 5 rings (SSSR count). The molecule has 0 spiro atoms. The zero-order valence-electron chi connectivity index (χ0n) is 21.8. The van der Waals surface area contributed by atoms with E-state index < -0.39 is 23.2 Å². The van der Waals surface area contributed by atoms with Crippen molar-refractivity contribution in [2.24, 2.45) is 0 Å². The van der Waals surface area contributed by atoms with Gasteiger partial charge >= 0.3 is 5.97 Å². The van der Waals surface area contributed by atoms with Crippen molar-refractivity contribution in [2.75, 3.05) is 26.9 Å². The van der Waals surface area contributed by atoms with Crippen LogP contribution in [-0.2, 0) is 4.74 Å². The Labute approximate surface area is 228 Å². The van der Waals surface area contributed by atoms with Crippen molar-refractivity contribution >= 4 is 28.8 Å². The highest BCUT2D eigenvalue weighted by Gasteiger charge is 2.35. The Morgan fingerprint density at radius 3 is 2.45 bits per heavy atom. The number of benzene rings is 3. The second-order valence-corrected chi connectivity index (χ2v) is 8.83. The van der Waals surface area contributed by atoms with Crippen molar-refractivity contribution in [3.05, 3.63) is 93.8 Å². The number of imide groups is 1. The number of fused-ring (bicyclic) bond motifs is 2. The van der Waals surface area contributed by atoms with Crippen molar-refractivity contribution < 1.29 is 37.7 Å². The second-order valence-electron chi connectivity index (χ2n) is 8.83. The van der Waals surface area contributed by atoms with Gasteiger partial charge in [-0.05, 0) is 55.8 Å². The van der Waals surface area contributed by atoms with E-state index >= 15 is 0 Å². The molecule has 10 heteroatoms. The largest absolute Gasteiger partial charge is 0.490 e. The molecule has 0 radical (unpaired) electrons. The van der Waals surface area contributed by atoms with E-state index in [1.54, 1.807) is 31.4 Å². The van der Waals surface area contributed by atoms with E-state index in [1.807, 2.05) is 6.92 Å². The average molecular weight is 544 g/mol. The number of ether oxygens (including phenoxy) is 4. The summed E-state index contributed by atoms with van der Waals surface area (Å²) >= 11 is 0. The van der Waals surface area contributed by atoms with E-state index in [-0.39, 0.29) is 45.7 Å². The molecule has 0 fully saturated rings. The standard InChI is InChI=1S/C30H25NO9/c1-3-37-23-7-4-5-8-24(23)40-26-17-38-25-16-19(10-12-21(25)27(26)32)39-30(35)18-9-11-20-22(15-18)29(34)31(28(20)33)13-6-14-36-2/h4-5,7-12,15-17H,3,6,13-14H2,1-2H3. The minimum absolute atomic E-state index is 0.0296. The van der Waals surface area contributed by atoms with Crippen LogP contribution in [0.4, 0.5) is 0 Å². The van der Waals surface area contributed by atoms with Crippen LogP contribution in [0.1, 0.15) is 44.4 Å². The molecule has 0 saturated heterocycles. The average Bonchev–Trinajstić information content (AvgIpc) is 3.20. The van der Waals surface area contributed by atoms with Gasteiger partial charge in [0.05, 0.1) is 28.7 Å². The Bertz CT molecular complexity index is 1670. The molecule has 0 atom stereocenters. The summed E-state index contributed by atoms with van der Waals surface area (Å²) in [7, 11) is 1.54. The van der Waals surface area contributed by atoms with Gasteiger partial charge in [0.2, 0.25) is 11.2 Å². The van der Waals surface area contributed by atoms with Gasteiger partial charge < -0.3 is 23.4 Å². The first kappa shape index (κ1) is 26.6. The summed E-state index contributed by atoms with van der Waals surface area (Å²) in [5.74, 6) is -0.670. The van der Waals surface area contributed by atoms with Crippen LogP contribution < -0.4 is 19.6 Å². The summed E-state index contributed by atoms with van der Waals surface area (Å²) in [6.07, 6.45) is 1.68. The molecule has 4 aromatic rings. The van der Waals surface area contributed by atoms with Gasteiger partial charge in [-0.25, -0.2) is 4.79 Å². The monoisotopic (exact) mass is 543 g/mol. The Kier molecular flexibility index (Phi) is 7.61. The lowest BCUT2D eigenvalue weighted by Crippen LogP contribution is -2.31. The molecule has 0 bridgehead atoms. The molecule has 2 amide bonds. The molecular formula is C30H25NO9. The first-order chi connectivity index (χ1) is 19.4. The number of methoxy groups -OCH3 is 1. The van der Waals surface area contributed by atoms with Gasteiger partial charge in [-0.2, -0.15) is 0 Å². The maximum Gasteiger partial charge on any atom is 0.343 e. The number of rotatable bonds is 10. The van der Waals surface area contributed by atoms with E-state index in [0.717, 1.165) is 4.90 Å².